The Labute approximate surface area is 271 Å². The van der Waals surface area contributed by atoms with Gasteiger partial charge in [0.25, 0.3) is 0 Å². The zero-order chi connectivity index (χ0) is 32.0. The number of benzene rings is 4. The molecule has 5 heteroatoms. The van der Waals surface area contributed by atoms with Gasteiger partial charge in [0.05, 0.1) is 28.1 Å². The molecule has 46 heavy (non-hydrogen) atoms. The number of aromatic nitrogens is 4. The summed E-state index contributed by atoms with van der Waals surface area (Å²) in [5, 5.41) is 7.61. The number of rotatable bonds is 7. The molecule has 230 valence electrons. The molecule has 0 fully saturated rings. The molecule has 0 atom stereocenters. The lowest BCUT2D eigenvalue weighted by Gasteiger charge is -2.23. The van der Waals surface area contributed by atoms with Crippen LogP contribution in [-0.4, -0.2) is 19.3 Å². The summed E-state index contributed by atoms with van der Waals surface area (Å²) in [4.78, 5) is 4.73. The first-order valence-corrected chi connectivity index (χ1v) is 16.1. The lowest BCUT2D eigenvalue weighted by Crippen LogP contribution is -2.18. The number of hydrogen-bond acceptors (Lipinski definition) is 3. The maximum atomic E-state index is 6.59. The lowest BCUT2D eigenvalue weighted by atomic mass is 9.85. The van der Waals surface area contributed by atoms with E-state index < -0.39 is 0 Å². The topological polar surface area (TPSA) is 44.9 Å². The summed E-state index contributed by atoms with van der Waals surface area (Å²) in [6.45, 7) is 13.3. The van der Waals surface area contributed by atoms with Crippen molar-refractivity contribution in [2.75, 3.05) is 0 Å². The van der Waals surface area contributed by atoms with Gasteiger partial charge in [-0.15, -0.1) is 0 Å². The maximum Gasteiger partial charge on any atom is 0.137 e. The Morgan fingerprint density at radius 2 is 1.48 bits per heavy atom. The van der Waals surface area contributed by atoms with E-state index in [9.17, 15) is 0 Å². The van der Waals surface area contributed by atoms with Crippen molar-refractivity contribution in [2.45, 2.75) is 59.8 Å². The van der Waals surface area contributed by atoms with Crippen molar-refractivity contribution in [3.63, 3.8) is 0 Å². The van der Waals surface area contributed by atoms with Crippen LogP contribution < -0.4 is 4.74 Å². The molecule has 0 spiro atoms. The molecule has 3 aromatic heterocycles. The van der Waals surface area contributed by atoms with E-state index in [4.69, 9.17) is 14.8 Å². The van der Waals surface area contributed by atoms with Crippen LogP contribution >= 0.6 is 0 Å². The van der Waals surface area contributed by atoms with Gasteiger partial charge in [0.2, 0.25) is 0 Å². The van der Waals surface area contributed by atoms with Crippen LogP contribution in [0.5, 0.6) is 11.5 Å². The van der Waals surface area contributed by atoms with Crippen LogP contribution in [0.1, 0.15) is 56.6 Å². The molecule has 7 rings (SSSR count). The third-order valence-electron chi connectivity index (χ3n) is 8.54. The van der Waals surface area contributed by atoms with Crippen LogP contribution in [0, 0.1) is 13.8 Å². The van der Waals surface area contributed by atoms with E-state index in [2.05, 4.69) is 142 Å². The normalized spacial score (nSPS) is 11.9. The van der Waals surface area contributed by atoms with Crippen molar-refractivity contribution < 1.29 is 4.74 Å². The first kappa shape index (κ1) is 29.5. The van der Waals surface area contributed by atoms with Crippen molar-refractivity contribution in [1.29, 1.82) is 0 Å². The summed E-state index contributed by atoms with van der Waals surface area (Å²) >= 11 is 0. The number of hydrogen-bond donors (Lipinski definition) is 0. The fourth-order valence-corrected chi connectivity index (χ4v) is 6.58. The van der Waals surface area contributed by atoms with E-state index in [0.29, 0.717) is 0 Å². The van der Waals surface area contributed by atoms with E-state index in [0.717, 1.165) is 52.6 Å². The predicted octanol–water partition coefficient (Wildman–Crippen LogP) is 10.7. The summed E-state index contributed by atoms with van der Waals surface area (Å²) in [5.74, 6) is 2.42. The molecule has 0 aliphatic rings. The van der Waals surface area contributed by atoms with Gasteiger partial charge in [0.15, 0.2) is 0 Å². The highest BCUT2D eigenvalue weighted by atomic mass is 16.5. The number of ether oxygens (including phenoxy) is 1. The van der Waals surface area contributed by atoms with Gasteiger partial charge < -0.3 is 4.74 Å². The third kappa shape index (κ3) is 5.36. The summed E-state index contributed by atoms with van der Waals surface area (Å²) in [6.07, 6.45) is 3.81. The molecule has 4 aromatic carbocycles. The van der Waals surface area contributed by atoms with Crippen LogP contribution in [0.25, 0.3) is 44.4 Å². The minimum absolute atomic E-state index is 0.142. The number of pyridine rings is 1. The van der Waals surface area contributed by atoms with Crippen LogP contribution in [-0.2, 0) is 11.8 Å². The van der Waals surface area contributed by atoms with Gasteiger partial charge in [-0.25, -0.2) is 9.67 Å². The van der Waals surface area contributed by atoms with Crippen molar-refractivity contribution >= 4 is 21.8 Å². The minimum Gasteiger partial charge on any atom is -0.457 e. The summed E-state index contributed by atoms with van der Waals surface area (Å²) < 4.78 is 11.0. The van der Waals surface area contributed by atoms with E-state index in [1.54, 1.807) is 0 Å². The maximum absolute atomic E-state index is 6.59. The Bertz CT molecular complexity index is 2210. The van der Waals surface area contributed by atoms with E-state index in [1.807, 2.05) is 18.3 Å². The molecule has 3 heterocycles. The van der Waals surface area contributed by atoms with Crippen LogP contribution in [0.4, 0.5) is 0 Å². The fraction of sp³-hybridized carbons (Fsp3) is 0.220. The van der Waals surface area contributed by atoms with Gasteiger partial charge in [-0.3, -0.25) is 4.57 Å². The molecule has 0 unspecified atom stereocenters. The highest BCUT2D eigenvalue weighted by Crippen LogP contribution is 2.39. The Hall–Kier alpha value is -5.16. The average Bonchev–Trinajstić information content (AvgIpc) is 3.58. The molecule has 0 saturated heterocycles. The smallest absolute Gasteiger partial charge is 0.137 e. The highest BCUT2D eigenvalue weighted by Gasteiger charge is 2.29. The van der Waals surface area contributed by atoms with Gasteiger partial charge in [0.1, 0.15) is 17.3 Å². The van der Waals surface area contributed by atoms with Gasteiger partial charge in [-0.2, -0.15) is 5.10 Å². The second-order valence-electron chi connectivity index (χ2n) is 13.3. The number of aryl methyl sites for hydroxylation is 3. The zero-order valence-electron chi connectivity index (χ0n) is 27.5. The summed E-state index contributed by atoms with van der Waals surface area (Å²) in [5.41, 5.74) is 10.2. The molecule has 0 N–H and O–H groups in total. The predicted molar refractivity (Wildman–Crippen MR) is 190 cm³/mol. The molecule has 0 saturated carbocycles. The molecular weight excluding hydrogens is 564 g/mol. The van der Waals surface area contributed by atoms with E-state index in [-0.39, 0.29) is 5.41 Å². The van der Waals surface area contributed by atoms with Gasteiger partial charge in [-0.05, 0) is 73.9 Å². The molecule has 7 aromatic rings. The lowest BCUT2D eigenvalue weighted by molar-refractivity contribution is 0.482. The van der Waals surface area contributed by atoms with Gasteiger partial charge in [0, 0.05) is 40.1 Å². The highest BCUT2D eigenvalue weighted by molar-refractivity contribution is 6.09. The SMILES string of the molecule is CCCc1nn(-c2cccc(Oc3ccc4c5ccccc5n(-c5cc(C)ccn5)c4c3)c2)c(C(C)(C)C)c1-c1cccc(C)c1. The van der Waals surface area contributed by atoms with Crippen LogP contribution in [0.3, 0.4) is 0 Å². The molecule has 0 amide bonds. The zero-order valence-corrected chi connectivity index (χ0v) is 27.5. The Kier molecular flexibility index (Phi) is 7.48. The van der Waals surface area contributed by atoms with Crippen molar-refractivity contribution in [3.05, 3.63) is 132 Å². The minimum atomic E-state index is -0.142. The standard InChI is InChI=1S/C41H40N4O/c1-7-12-35-39(29-14-10-13-27(2)23-29)40(41(4,5)6)45(43-35)30-15-11-16-31(25-30)46-32-19-20-34-33-17-8-9-18-36(33)44(37(34)26-32)38-24-28(3)21-22-42-38/h8-11,13-26H,7,12H2,1-6H3. The van der Waals surface area contributed by atoms with Crippen LogP contribution in [0.15, 0.2) is 109 Å². The van der Waals surface area contributed by atoms with Crippen molar-refractivity contribution in [3.8, 4) is 34.1 Å². The van der Waals surface area contributed by atoms with Crippen molar-refractivity contribution in [2.24, 2.45) is 0 Å². The third-order valence-corrected chi connectivity index (χ3v) is 8.54. The van der Waals surface area contributed by atoms with Crippen LogP contribution in [0.2, 0.25) is 0 Å². The molecule has 5 nitrogen and oxygen atoms in total. The monoisotopic (exact) mass is 604 g/mol. The molecule has 0 aliphatic heterocycles. The number of nitrogens with zero attached hydrogens (tertiary/aromatic N) is 4. The largest absolute Gasteiger partial charge is 0.457 e. The summed E-state index contributed by atoms with van der Waals surface area (Å²) in [6, 6.07) is 36.0. The molecule has 0 aliphatic carbocycles. The van der Waals surface area contributed by atoms with Crippen molar-refractivity contribution in [1.82, 2.24) is 19.3 Å². The average molecular weight is 605 g/mol. The fourth-order valence-electron chi connectivity index (χ4n) is 6.58. The van der Waals surface area contributed by atoms with E-state index in [1.165, 1.54) is 38.7 Å². The molecule has 0 radical (unpaired) electrons. The van der Waals surface area contributed by atoms with Gasteiger partial charge in [-0.1, -0.05) is 88.2 Å². The Balaban J connectivity index is 1.33. The second-order valence-corrected chi connectivity index (χ2v) is 13.3. The number of para-hydroxylation sites is 1. The first-order chi connectivity index (χ1) is 22.2. The Morgan fingerprint density at radius 1 is 0.717 bits per heavy atom. The van der Waals surface area contributed by atoms with E-state index >= 15 is 0 Å². The van der Waals surface area contributed by atoms with Gasteiger partial charge >= 0.3 is 0 Å². The molecular formula is C41H40N4O. The first-order valence-electron chi connectivity index (χ1n) is 16.1. The summed E-state index contributed by atoms with van der Waals surface area (Å²) in [7, 11) is 0. The number of fused-ring (bicyclic) bond motifs is 3. The Morgan fingerprint density at radius 3 is 2.26 bits per heavy atom. The molecule has 0 bridgehead atoms. The second kappa shape index (κ2) is 11.6. The quantitative estimate of drug-likeness (QED) is 0.182.